The molecule has 110 valence electrons. The van der Waals surface area contributed by atoms with Crippen LogP contribution in [0.2, 0.25) is 0 Å². The molecule has 3 aromatic heterocycles. The number of fused-ring (bicyclic) bond motifs is 1. The second-order valence-electron chi connectivity index (χ2n) is 5.08. The summed E-state index contributed by atoms with van der Waals surface area (Å²) in [4.78, 5) is 8.98. The van der Waals surface area contributed by atoms with Crippen LogP contribution in [0.3, 0.4) is 0 Å². The maximum atomic E-state index is 4.50. The van der Waals surface area contributed by atoms with Gasteiger partial charge in [0.25, 0.3) is 0 Å². The summed E-state index contributed by atoms with van der Waals surface area (Å²) in [5, 5.41) is 12.0. The molecular weight excluding hydrogens is 266 g/mol. The number of anilines is 1. The van der Waals surface area contributed by atoms with Gasteiger partial charge < -0.3 is 5.32 Å². The number of nitrogens with zero attached hydrogens (tertiary/aromatic N) is 6. The molecule has 0 atom stereocenters. The second kappa shape index (κ2) is 5.51. The Bertz CT molecular complexity index is 742. The Morgan fingerprint density at radius 1 is 1.24 bits per heavy atom. The molecule has 0 aliphatic rings. The highest BCUT2D eigenvalue weighted by Gasteiger charge is 2.13. The molecule has 3 rings (SSSR count). The van der Waals surface area contributed by atoms with Crippen molar-refractivity contribution < 1.29 is 0 Å². The van der Waals surface area contributed by atoms with E-state index in [4.69, 9.17) is 0 Å². The van der Waals surface area contributed by atoms with Gasteiger partial charge in [-0.3, -0.25) is 9.36 Å². The molecule has 3 aromatic rings. The van der Waals surface area contributed by atoms with Crippen molar-refractivity contribution in [1.29, 1.82) is 0 Å². The maximum absolute atomic E-state index is 4.50. The van der Waals surface area contributed by atoms with Crippen molar-refractivity contribution in [2.24, 2.45) is 7.05 Å². The summed E-state index contributed by atoms with van der Waals surface area (Å²) in [7, 11) is 1.92. The summed E-state index contributed by atoms with van der Waals surface area (Å²) in [6.07, 6.45) is 4.74. The molecule has 0 saturated carbocycles. The Morgan fingerprint density at radius 2 is 2.10 bits per heavy atom. The lowest BCUT2D eigenvalue weighted by Gasteiger charge is -2.08. The first-order chi connectivity index (χ1) is 10.1. The minimum Gasteiger partial charge on any atom is -0.368 e. The van der Waals surface area contributed by atoms with Crippen molar-refractivity contribution in [2.75, 3.05) is 11.9 Å². The molecule has 0 aliphatic heterocycles. The summed E-state index contributed by atoms with van der Waals surface area (Å²) in [6, 6.07) is 1.93. The Labute approximate surface area is 123 Å². The Kier molecular flexibility index (Phi) is 3.55. The van der Waals surface area contributed by atoms with Crippen LogP contribution in [-0.4, -0.2) is 36.1 Å². The number of rotatable bonds is 5. The van der Waals surface area contributed by atoms with E-state index in [2.05, 4.69) is 25.5 Å². The fraction of sp³-hybridized carbons (Fsp3) is 0.429. The minimum atomic E-state index is 0.758. The van der Waals surface area contributed by atoms with Gasteiger partial charge in [-0.2, -0.15) is 10.2 Å². The zero-order valence-electron chi connectivity index (χ0n) is 12.5. The molecule has 0 amide bonds. The Balaban J connectivity index is 1.74. The second-order valence-corrected chi connectivity index (χ2v) is 5.08. The quantitative estimate of drug-likeness (QED) is 0.722. The first kappa shape index (κ1) is 13.5. The van der Waals surface area contributed by atoms with Crippen LogP contribution in [0.1, 0.15) is 17.9 Å². The highest BCUT2D eigenvalue weighted by atomic mass is 15.3. The van der Waals surface area contributed by atoms with Gasteiger partial charge in [0.2, 0.25) is 0 Å². The van der Waals surface area contributed by atoms with Crippen molar-refractivity contribution in [2.45, 2.75) is 26.8 Å². The van der Waals surface area contributed by atoms with Gasteiger partial charge in [-0.05, 0) is 26.3 Å². The van der Waals surface area contributed by atoms with Crippen LogP contribution >= 0.6 is 0 Å². The number of aromatic nitrogens is 6. The van der Waals surface area contributed by atoms with Crippen LogP contribution in [0.5, 0.6) is 0 Å². The first-order valence-electron chi connectivity index (χ1n) is 7.04. The Morgan fingerprint density at radius 3 is 2.86 bits per heavy atom. The van der Waals surface area contributed by atoms with Gasteiger partial charge in [-0.1, -0.05) is 0 Å². The van der Waals surface area contributed by atoms with E-state index >= 15 is 0 Å². The molecule has 7 nitrogen and oxygen atoms in total. The molecule has 7 heteroatoms. The largest absolute Gasteiger partial charge is 0.368 e. The number of hydrogen-bond donors (Lipinski definition) is 1. The monoisotopic (exact) mass is 285 g/mol. The van der Waals surface area contributed by atoms with Crippen LogP contribution < -0.4 is 5.32 Å². The van der Waals surface area contributed by atoms with Crippen LogP contribution in [0.4, 0.5) is 5.82 Å². The third kappa shape index (κ3) is 2.72. The third-order valence-electron chi connectivity index (χ3n) is 3.38. The van der Waals surface area contributed by atoms with E-state index < -0.39 is 0 Å². The van der Waals surface area contributed by atoms with E-state index in [0.717, 1.165) is 47.9 Å². The minimum absolute atomic E-state index is 0.758. The fourth-order valence-electron chi connectivity index (χ4n) is 2.45. The van der Waals surface area contributed by atoms with E-state index in [-0.39, 0.29) is 0 Å². The van der Waals surface area contributed by atoms with E-state index in [1.54, 1.807) is 6.20 Å². The van der Waals surface area contributed by atoms with Crippen LogP contribution in [0, 0.1) is 13.8 Å². The zero-order chi connectivity index (χ0) is 14.8. The van der Waals surface area contributed by atoms with E-state index in [0.29, 0.717) is 0 Å². The zero-order valence-corrected chi connectivity index (χ0v) is 12.5. The SMILES string of the molecule is Cc1nc(NCCCn2cccn2)c2c(n1)c(C)nn2C. The first-order valence-corrected chi connectivity index (χ1v) is 7.04. The van der Waals surface area contributed by atoms with Crippen molar-refractivity contribution in [3.8, 4) is 0 Å². The third-order valence-corrected chi connectivity index (χ3v) is 3.38. The van der Waals surface area contributed by atoms with Crippen LogP contribution in [0.15, 0.2) is 18.5 Å². The number of aryl methyl sites for hydroxylation is 4. The molecule has 0 aromatic carbocycles. The maximum Gasteiger partial charge on any atom is 0.156 e. The summed E-state index contributed by atoms with van der Waals surface area (Å²) in [5.74, 6) is 1.61. The number of hydrogen-bond acceptors (Lipinski definition) is 5. The van der Waals surface area contributed by atoms with Gasteiger partial charge in [0.1, 0.15) is 16.9 Å². The summed E-state index contributed by atoms with van der Waals surface area (Å²) < 4.78 is 3.76. The van der Waals surface area contributed by atoms with Gasteiger partial charge in [-0.25, -0.2) is 9.97 Å². The average molecular weight is 285 g/mol. The molecule has 1 N–H and O–H groups in total. The standard InChI is InChI=1S/C14H19N7/c1-10-12-13(20(3)19-10)14(18-11(2)17-12)15-6-4-8-21-9-5-7-16-21/h5,7,9H,4,6,8H2,1-3H3,(H,15,17,18). The molecule has 0 spiro atoms. The summed E-state index contributed by atoms with van der Waals surface area (Å²) >= 11 is 0. The lowest BCUT2D eigenvalue weighted by Crippen LogP contribution is -2.10. The lowest BCUT2D eigenvalue weighted by molar-refractivity contribution is 0.591. The highest BCUT2D eigenvalue weighted by Crippen LogP contribution is 2.22. The topological polar surface area (TPSA) is 73.5 Å². The van der Waals surface area contributed by atoms with E-state index in [1.165, 1.54) is 0 Å². The van der Waals surface area contributed by atoms with Crippen LogP contribution in [-0.2, 0) is 13.6 Å². The molecule has 0 bridgehead atoms. The Hall–Kier alpha value is -2.44. The predicted octanol–water partition coefficient (Wildman–Crippen LogP) is 1.68. The number of nitrogens with one attached hydrogen (secondary N) is 1. The summed E-state index contributed by atoms with van der Waals surface area (Å²) in [6.45, 7) is 5.59. The molecule has 0 radical (unpaired) electrons. The molecule has 0 aliphatic carbocycles. The van der Waals surface area contributed by atoms with Gasteiger partial charge in [-0.15, -0.1) is 0 Å². The van der Waals surface area contributed by atoms with E-state index in [1.807, 2.05) is 42.5 Å². The molecule has 0 saturated heterocycles. The molecular formula is C14H19N7. The van der Waals surface area contributed by atoms with Crippen LogP contribution in [0.25, 0.3) is 11.0 Å². The van der Waals surface area contributed by atoms with Crippen molar-refractivity contribution in [3.05, 3.63) is 30.0 Å². The highest BCUT2D eigenvalue weighted by molar-refractivity contribution is 5.87. The fourth-order valence-corrected chi connectivity index (χ4v) is 2.45. The normalized spacial score (nSPS) is 11.2. The van der Waals surface area contributed by atoms with E-state index in [9.17, 15) is 0 Å². The van der Waals surface area contributed by atoms with Crippen molar-refractivity contribution in [3.63, 3.8) is 0 Å². The van der Waals surface area contributed by atoms with Gasteiger partial charge >= 0.3 is 0 Å². The summed E-state index contributed by atoms with van der Waals surface area (Å²) in [5.41, 5.74) is 2.80. The lowest BCUT2D eigenvalue weighted by atomic mass is 10.3. The smallest absolute Gasteiger partial charge is 0.156 e. The van der Waals surface area contributed by atoms with Gasteiger partial charge in [0.05, 0.1) is 5.69 Å². The molecule has 21 heavy (non-hydrogen) atoms. The predicted molar refractivity (Wildman–Crippen MR) is 81.1 cm³/mol. The van der Waals surface area contributed by atoms with Crippen molar-refractivity contribution >= 4 is 16.9 Å². The van der Waals surface area contributed by atoms with Gasteiger partial charge in [0, 0.05) is 32.5 Å². The molecule has 0 unspecified atom stereocenters. The van der Waals surface area contributed by atoms with Gasteiger partial charge in [0.15, 0.2) is 5.82 Å². The molecule has 3 heterocycles. The van der Waals surface area contributed by atoms with Crippen molar-refractivity contribution in [1.82, 2.24) is 29.5 Å². The molecule has 0 fully saturated rings. The average Bonchev–Trinajstić information content (AvgIpc) is 3.04.